The van der Waals surface area contributed by atoms with E-state index in [-0.39, 0.29) is 28.7 Å². The highest BCUT2D eigenvalue weighted by molar-refractivity contribution is 8.16. The molecular formula is C24H29N3O3S2. The van der Waals surface area contributed by atoms with Crippen LogP contribution in [0.3, 0.4) is 0 Å². The third kappa shape index (κ3) is 5.02. The third-order valence-electron chi connectivity index (χ3n) is 6.01. The Morgan fingerprint density at radius 3 is 2.41 bits per heavy atom. The van der Waals surface area contributed by atoms with Gasteiger partial charge < -0.3 is 9.80 Å². The first kappa shape index (κ1) is 22.9. The molecule has 0 N–H and O–H groups in total. The molecule has 2 aromatic carbocycles. The van der Waals surface area contributed by atoms with Crippen molar-refractivity contribution in [3.05, 3.63) is 60.2 Å². The second-order valence-electron chi connectivity index (χ2n) is 8.13. The van der Waals surface area contributed by atoms with Gasteiger partial charge in [-0.25, -0.2) is 8.42 Å². The molecule has 0 radical (unpaired) electrons. The number of hydrogen-bond acceptors (Lipinski definition) is 5. The van der Waals surface area contributed by atoms with E-state index in [1.54, 1.807) is 0 Å². The Morgan fingerprint density at radius 1 is 1.06 bits per heavy atom. The summed E-state index contributed by atoms with van der Waals surface area (Å²) in [5, 5.41) is 0.520. The number of amides is 1. The van der Waals surface area contributed by atoms with E-state index in [0.717, 1.165) is 30.0 Å². The summed E-state index contributed by atoms with van der Waals surface area (Å²) in [7, 11) is -3.08. The van der Waals surface area contributed by atoms with E-state index < -0.39 is 9.84 Å². The summed E-state index contributed by atoms with van der Waals surface area (Å²) in [6.07, 6.45) is 0.970. The molecule has 2 atom stereocenters. The number of hydrogen-bond donors (Lipinski definition) is 0. The standard InChI is InChI=1S/C24H29N3O3S2/c1-3-26(4-2)19-11-13-20(14-12-19)27-21-16-32(29,30)17-22(21)31-24(27)25-23(28)15-10-18-8-6-5-7-9-18/h5-9,11-14,21-22H,3-4,10,15-17H2,1-2H3. The predicted molar refractivity (Wildman–Crippen MR) is 134 cm³/mol. The zero-order chi connectivity index (χ0) is 22.7. The number of aryl methyl sites for hydroxylation is 1. The second kappa shape index (κ2) is 9.67. The summed E-state index contributed by atoms with van der Waals surface area (Å²) < 4.78 is 24.6. The summed E-state index contributed by atoms with van der Waals surface area (Å²) in [6, 6.07) is 17.8. The average molecular weight is 472 g/mol. The van der Waals surface area contributed by atoms with Gasteiger partial charge in [-0.2, -0.15) is 4.99 Å². The Hall–Kier alpha value is -2.32. The Kier molecular flexibility index (Phi) is 6.90. The molecule has 170 valence electrons. The van der Waals surface area contributed by atoms with Crippen LogP contribution in [-0.2, 0) is 21.1 Å². The molecule has 8 heteroatoms. The lowest BCUT2D eigenvalue weighted by molar-refractivity contribution is -0.117. The molecule has 2 aliphatic rings. The number of aliphatic imine (C=N–C) groups is 1. The molecule has 2 saturated heterocycles. The lowest BCUT2D eigenvalue weighted by atomic mass is 10.1. The van der Waals surface area contributed by atoms with Gasteiger partial charge in [0.15, 0.2) is 15.0 Å². The van der Waals surface area contributed by atoms with Gasteiger partial charge in [-0.3, -0.25) is 4.79 Å². The number of thioether (sulfide) groups is 1. The first-order valence-electron chi connectivity index (χ1n) is 11.1. The van der Waals surface area contributed by atoms with Crippen LogP contribution in [-0.4, -0.2) is 55.4 Å². The van der Waals surface area contributed by atoms with Crippen LogP contribution < -0.4 is 9.80 Å². The van der Waals surface area contributed by atoms with Gasteiger partial charge in [-0.1, -0.05) is 42.1 Å². The number of benzene rings is 2. The third-order valence-corrected chi connectivity index (χ3v) is 9.22. The van der Waals surface area contributed by atoms with Crippen molar-refractivity contribution in [2.45, 2.75) is 38.0 Å². The van der Waals surface area contributed by atoms with Gasteiger partial charge in [0.25, 0.3) is 0 Å². The lowest BCUT2D eigenvalue weighted by Gasteiger charge is -2.26. The molecule has 0 aromatic heterocycles. The summed E-state index contributed by atoms with van der Waals surface area (Å²) in [4.78, 5) is 21.3. The van der Waals surface area contributed by atoms with Crippen molar-refractivity contribution in [3.63, 3.8) is 0 Å². The molecule has 2 unspecified atom stereocenters. The van der Waals surface area contributed by atoms with E-state index in [0.29, 0.717) is 18.0 Å². The zero-order valence-electron chi connectivity index (χ0n) is 18.5. The molecule has 2 aromatic rings. The van der Waals surface area contributed by atoms with Crippen LogP contribution in [0.2, 0.25) is 0 Å². The van der Waals surface area contributed by atoms with E-state index >= 15 is 0 Å². The number of rotatable bonds is 7. The Morgan fingerprint density at radius 2 is 1.75 bits per heavy atom. The Balaban J connectivity index is 1.57. The van der Waals surface area contributed by atoms with Gasteiger partial charge in [0.1, 0.15) is 0 Å². The number of fused-ring (bicyclic) bond motifs is 1. The first-order valence-corrected chi connectivity index (χ1v) is 13.8. The summed E-state index contributed by atoms with van der Waals surface area (Å²) >= 11 is 1.42. The van der Waals surface area contributed by atoms with Crippen molar-refractivity contribution in [2.24, 2.45) is 4.99 Å². The molecular weight excluding hydrogens is 442 g/mol. The van der Waals surface area contributed by atoms with Crippen molar-refractivity contribution in [1.82, 2.24) is 0 Å². The van der Waals surface area contributed by atoms with Crippen molar-refractivity contribution in [2.75, 3.05) is 34.4 Å². The highest BCUT2D eigenvalue weighted by Crippen LogP contribution is 2.41. The normalized spacial score (nSPS) is 22.8. The quantitative estimate of drug-likeness (QED) is 0.612. The fourth-order valence-corrected chi connectivity index (χ4v) is 8.27. The molecule has 1 amide bonds. The van der Waals surface area contributed by atoms with Crippen LogP contribution in [0.1, 0.15) is 25.8 Å². The molecule has 0 bridgehead atoms. The first-order chi connectivity index (χ1) is 15.4. The predicted octanol–water partition coefficient (Wildman–Crippen LogP) is 3.77. The molecule has 0 saturated carbocycles. The Bertz CT molecular complexity index is 1080. The number of anilines is 2. The molecule has 6 nitrogen and oxygen atoms in total. The van der Waals surface area contributed by atoms with E-state index in [4.69, 9.17) is 0 Å². The number of carbonyl (C=O) groups is 1. The van der Waals surface area contributed by atoms with Gasteiger partial charge in [-0.05, 0) is 50.1 Å². The highest BCUT2D eigenvalue weighted by atomic mass is 32.2. The summed E-state index contributed by atoms with van der Waals surface area (Å²) in [5.41, 5.74) is 3.11. The van der Waals surface area contributed by atoms with Crippen LogP contribution in [0.4, 0.5) is 11.4 Å². The van der Waals surface area contributed by atoms with Gasteiger partial charge in [0.05, 0.1) is 17.5 Å². The molecule has 0 aliphatic carbocycles. The SMILES string of the molecule is CCN(CC)c1ccc(N2C(=NC(=O)CCc3ccccc3)SC3CS(=O)(=O)CC32)cc1. The van der Waals surface area contributed by atoms with Crippen LogP contribution >= 0.6 is 11.8 Å². The largest absolute Gasteiger partial charge is 0.372 e. The van der Waals surface area contributed by atoms with E-state index in [2.05, 4.69) is 35.9 Å². The fourth-order valence-electron chi connectivity index (χ4n) is 4.34. The van der Waals surface area contributed by atoms with Crippen LogP contribution in [0.5, 0.6) is 0 Å². The zero-order valence-corrected chi connectivity index (χ0v) is 20.1. The fraction of sp³-hybridized carbons (Fsp3) is 0.417. The lowest BCUT2D eigenvalue weighted by Crippen LogP contribution is -2.37. The van der Waals surface area contributed by atoms with Crippen LogP contribution in [0.25, 0.3) is 0 Å². The molecule has 0 spiro atoms. The van der Waals surface area contributed by atoms with Crippen LogP contribution in [0.15, 0.2) is 59.6 Å². The Labute approximate surface area is 194 Å². The number of amidine groups is 1. The minimum absolute atomic E-state index is 0.0943. The monoisotopic (exact) mass is 471 g/mol. The average Bonchev–Trinajstić information content (AvgIpc) is 3.25. The van der Waals surface area contributed by atoms with Gasteiger partial charge in [-0.15, -0.1) is 0 Å². The van der Waals surface area contributed by atoms with E-state index in [1.807, 2.05) is 47.4 Å². The van der Waals surface area contributed by atoms with Crippen molar-refractivity contribution < 1.29 is 13.2 Å². The van der Waals surface area contributed by atoms with Gasteiger partial charge >= 0.3 is 0 Å². The van der Waals surface area contributed by atoms with Crippen molar-refractivity contribution in [1.29, 1.82) is 0 Å². The van der Waals surface area contributed by atoms with Gasteiger partial charge in [0, 0.05) is 36.1 Å². The maximum atomic E-state index is 12.7. The van der Waals surface area contributed by atoms with Crippen molar-refractivity contribution >= 4 is 44.0 Å². The molecule has 4 rings (SSSR count). The summed E-state index contributed by atoms with van der Waals surface area (Å²) in [6.45, 7) is 6.07. The van der Waals surface area contributed by atoms with E-state index in [1.165, 1.54) is 11.8 Å². The number of nitrogens with zero attached hydrogens (tertiary/aromatic N) is 3. The minimum Gasteiger partial charge on any atom is -0.372 e. The molecule has 2 aliphatic heterocycles. The molecule has 32 heavy (non-hydrogen) atoms. The molecule has 2 fully saturated rings. The topological polar surface area (TPSA) is 70.0 Å². The van der Waals surface area contributed by atoms with Gasteiger partial charge in [0.2, 0.25) is 5.91 Å². The number of carbonyl (C=O) groups excluding carboxylic acids is 1. The molecule has 2 heterocycles. The maximum absolute atomic E-state index is 12.7. The highest BCUT2D eigenvalue weighted by Gasteiger charge is 2.49. The second-order valence-corrected chi connectivity index (χ2v) is 11.5. The minimum atomic E-state index is -3.08. The number of sulfone groups is 1. The summed E-state index contributed by atoms with van der Waals surface area (Å²) in [5.74, 6) is 0.0525. The van der Waals surface area contributed by atoms with E-state index in [9.17, 15) is 13.2 Å². The van der Waals surface area contributed by atoms with Crippen molar-refractivity contribution in [3.8, 4) is 0 Å². The van der Waals surface area contributed by atoms with Crippen LogP contribution in [0, 0.1) is 0 Å². The smallest absolute Gasteiger partial charge is 0.248 e. The maximum Gasteiger partial charge on any atom is 0.248 e.